The number of hydrogen-bond donors (Lipinski definition) is 1. The van der Waals surface area contributed by atoms with Gasteiger partial charge in [-0.1, -0.05) is 23.8 Å². The van der Waals surface area contributed by atoms with E-state index in [2.05, 4.69) is 18.3 Å². The summed E-state index contributed by atoms with van der Waals surface area (Å²) in [6.45, 7) is 5.55. The lowest BCUT2D eigenvalue weighted by Gasteiger charge is -2.11. The molecular formula is C14H21NO2S. The van der Waals surface area contributed by atoms with Crippen molar-refractivity contribution < 1.29 is 8.42 Å². The molecule has 0 aromatic heterocycles. The molecule has 0 saturated carbocycles. The number of sulfone groups is 1. The van der Waals surface area contributed by atoms with E-state index in [1.54, 1.807) is 0 Å². The predicted octanol–water partition coefficient (Wildman–Crippen LogP) is 1.62. The molecule has 1 aromatic carbocycles. The second kappa shape index (κ2) is 5.41. The van der Waals surface area contributed by atoms with Crippen molar-refractivity contribution in [2.75, 3.05) is 18.8 Å². The molecule has 0 radical (unpaired) electrons. The summed E-state index contributed by atoms with van der Waals surface area (Å²) in [5, 5.41) is 2.94. The zero-order chi connectivity index (χ0) is 13.2. The van der Waals surface area contributed by atoms with Gasteiger partial charge in [-0.2, -0.15) is 0 Å². The van der Waals surface area contributed by atoms with Gasteiger partial charge in [0.25, 0.3) is 0 Å². The van der Waals surface area contributed by atoms with Crippen LogP contribution >= 0.6 is 0 Å². The molecular weight excluding hydrogens is 246 g/mol. The normalized spacial score (nSPS) is 20.2. The molecule has 1 unspecified atom stereocenters. The Hall–Kier alpha value is -0.870. The third-order valence-corrected chi connectivity index (χ3v) is 5.87. The monoisotopic (exact) mass is 267 g/mol. The number of hydrogen-bond acceptors (Lipinski definition) is 3. The SMILES string of the molecule is Cc1ccc(CCS(=O)(=O)C2CCNC2)c(C)c1. The van der Waals surface area contributed by atoms with Crippen molar-refractivity contribution in [2.45, 2.75) is 31.9 Å². The van der Waals surface area contributed by atoms with Crippen molar-refractivity contribution in [2.24, 2.45) is 0 Å². The van der Waals surface area contributed by atoms with E-state index >= 15 is 0 Å². The van der Waals surface area contributed by atoms with Crippen molar-refractivity contribution in [1.29, 1.82) is 0 Å². The van der Waals surface area contributed by atoms with Crippen LogP contribution in [0.5, 0.6) is 0 Å². The van der Waals surface area contributed by atoms with E-state index in [0.717, 1.165) is 18.5 Å². The summed E-state index contributed by atoms with van der Waals surface area (Å²) >= 11 is 0. The average Bonchev–Trinajstić information content (AvgIpc) is 2.82. The van der Waals surface area contributed by atoms with Crippen LogP contribution in [0.1, 0.15) is 23.1 Å². The van der Waals surface area contributed by atoms with E-state index in [1.165, 1.54) is 11.1 Å². The van der Waals surface area contributed by atoms with Gasteiger partial charge in [-0.05, 0) is 44.4 Å². The van der Waals surface area contributed by atoms with Gasteiger partial charge in [0.05, 0.1) is 11.0 Å². The fourth-order valence-corrected chi connectivity index (χ4v) is 4.17. The Morgan fingerprint density at radius 2 is 2.11 bits per heavy atom. The van der Waals surface area contributed by atoms with Crippen LogP contribution in [0.3, 0.4) is 0 Å². The minimum absolute atomic E-state index is 0.178. The standard InChI is InChI=1S/C14H21NO2S/c1-11-3-4-13(12(2)9-11)6-8-18(16,17)14-5-7-15-10-14/h3-4,9,14-15H,5-8,10H2,1-2H3. The average molecular weight is 267 g/mol. The van der Waals surface area contributed by atoms with Crippen LogP contribution in [0.4, 0.5) is 0 Å². The second-order valence-corrected chi connectivity index (χ2v) is 7.56. The first-order valence-corrected chi connectivity index (χ1v) is 8.19. The molecule has 4 heteroatoms. The van der Waals surface area contributed by atoms with E-state index in [9.17, 15) is 8.42 Å². The molecule has 1 saturated heterocycles. The van der Waals surface area contributed by atoms with Crippen LogP contribution in [0.25, 0.3) is 0 Å². The maximum absolute atomic E-state index is 12.1. The minimum atomic E-state index is -2.95. The lowest BCUT2D eigenvalue weighted by atomic mass is 10.0. The fourth-order valence-electron chi connectivity index (χ4n) is 2.48. The van der Waals surface area contributed by atoms with Gasteiger partial charge in [0.15, 0.2) is 9.84 Å². The first-order valence-electron chi connectivity index (χ1n) is 6.47. The quantitative estimate of drug-likeness (QED) is 0.902. The summed E-state index contributed by atoms with van der Waals surface area (Å²) in [4.78, 5) is 0. The third-order valence-electron chi connectivity index (χ3n) is 3.68. The van der Waals surface area contributed by atoms with Gasteiger partial charge in [-0.25, -0.2) is 8.42 Å². The molecule has 3 nitrogen and oxygen atoms in total. The van der Waals surface area contributed by atoms with Gasteiger partial charge >= 0.3 is 0 Å². The fraction of sp³-hybridized carbons (Fsp3) is 0.571. The maximum atomic E-state index is 12.1. The van der Waals surface area contributed by atoms with E-state index in [0.29, 0.717) is 13.0 Å². The van der Waals surface area contributed by atoms with Crippen molar-refractivity contribution in [3.05, 3.63) is 34.9 Å². The lowest BCUT2D eigenvalue weighted by molar-refractivity contribution is 0.582. The van der Waals surface area contributed by atoms with Gasteiger partial charge in [0.2, 0.25) is 0 Å². The first-order chi connectivity index (χ1) is 8.49. The van der Waals surface area contributed by atoms with E-state index in [-0.39, 0.29) is 11.0 Å². The maximum Gasteiger partial charge on any atom is 0.154 e. The zero-order valence-electron chi connectivity index (χ0n) is 11.1. The van der Waals surface area contributed by atoms with Gasteiger partial charge in [-0.3, -0.25) is 0 Å². The van der Waals surface area contributed by atoms with Crippen LogP contribution in [0.15, 0.2) is 18.2 Å². The van der Waals surface area contributed by atoms with Crippen molar-refractivity contribution in [1.82, 2.24) is 5.32 Å². The minimum Gasteiger partial charge on any atom is -0.315 e. The molecule has 100 valence electrons. The molecule has 1 aliphatic heterocycles. The van der Waals surface area contributed by atoms with Gasteiger partial charge in [-0.15, -0.1) is 0 Å². The molecule has 1 atom stereocenters. The van der Waals surface area contributed by atoms with Crippen LogP contribution in [0.2, 0.25) is 0 Å². The Bertz CT molecular complexity index is 517. The molecule has 0 spiro atoms. The van der Waals surface area contributed by atoms with Gasteiger partial charge in [0.1, 0.15) is 0 Å². The topological polar surface area (TPSA) is 46.2 Å². The highest BCUT2D eigenvalue weighted by atomic mass is 32.2. The Kier molecular flexibility index (Phi) is 4.07. The number of benzene rings is 1. The van der Waals surface area contributed by atoms with Crippen LogP contribution in [-0.2, 0) is 16.3 Å². The highest BCUT2D eigenvalue weighted by Crippen LogP contribution is 2.15. The van der Waals surface area contributed by atoms with Crippen molar-refractivity contribution >= 4 is 9.84 Å². The lowest BCUT2D eigenvalue weighted by Crippen LogP contribution is -2.27. The summed E-state index contributed by atoms with van der Waals surface area (Å²) in [7, 11) is -2.95. The van der Waals surface area contributed by atoms with E-state index in [4.69, 9.17) is 0 Å². The summed E-state index contributed by atoms with van der Waals surface area (Å²) in [6, 6.07) is 6.21. The highest BCUT2D eigenvalue weighted by Gasteiger charge is 2.28. The molecule has 1 aromatic rings. The Balaban J connectivity index is 2.02. The Morgan fingerprint density at radius 1 is 1.33 bits per heavy atom. The number of rotatable bonds is 4. The smallest absolute Gasteiger partial charge is 0.154 e. The largest absolute Gasteiger partial charge is 0.315 e. The summed E-state index contributed by atoms with van der Waals surface area (Å²) < 4.78 is 24.3. The van der Waals surface area contributed by atoms with Crippen molar-refractivity contribution in [3.63, 3.8) is 0 Å². The number of nitrogens with one attached hydrogen (secondary N) is 1. The molecule has 0 bridgehead atoms. The van der Waals surface area contributed by atoms with Gasteiger partial charge in [0, 0.05) is 6.54 Å². The van der Waals surface area contributed by atoms with Gasteiger partial charge < -0.3 is 5.32 Å². The predicted molar refractivity (Wildman–Crippen MR) is 74.7 cm³/mol. The molecule has 1 aliphatic rings. The summed E-state index contributed by atoms with van der Waals surface area (Å²) in [5.41, 5.74) is 3.56. The van der Waals surface area contributed by atoms with E-state index < -0.39 is 9.84 Å². The molecule has 2 rings (SSSR count). The number of aryl methyl sites for hydroxylation is 3. The third kappa shape index (κ3) is 3.12. The molecule has 1 N–H and O–H groups in total. The van der Waals surface area contributed by atoms with Crippen molar-refractivity contribution in [3.8, 4) is 0 Å². The molecule has 1 heterocycles. The Morgan fingerprint density at radius 3 is 2.72 bits per heavy atom. The Labute approximate surface area is 110 Å². The second-order valence-electron chi connectivity index (χ2n) is 5.16. The first kappa shape index (κ1) is 13.6. The van der Waals surface area contributed by atoms with E-state index in [1.807, 2.05) is 19.1 Å². The molecule has 18 heavy (non-hydrogen) atoms. The molecule has 0 aliphatic carbocycles. The van der Waals surface area contributed by atoms with Crippen LogP contribution < -0.4 is 5.32 Å². The summed E-state index contributed by atoms with van der Waals surface area (Å²) in [5.74, 6) is 0.267. The molecule has 1 fully saturated rings. The highest BCUT2D eigenvalue weighted by molar-refractivity contribution is 7.92. The molecule has 0 amide bonds. The van der Waals surface area contributed by atoms with Crippen LogP contribution in [0, 0.1) is 13.8 Å². The zero-order valence-corrected chi connectivity index (χ0v) is 11.9. The summed E-state index contributed by atoms with van der Waals surface area (Å²) in [6.07, 6.45) is 1.39. The van der Waals surface area contributed by atoms with Crippen LogP contribution in [-0.4, -0.2) is 32.5 Å².